The predicted octanol–water partition coefficient (Wildman–Crippen LogP) is 2.40. The molecule has 0 bridgehead atoms. The Morgan fingerprint density at radius 3 is 2.53 bits per heavy atom. The zero-order valence-electron chi connectivity index (χ0n) is 9.12. The fraction of sp³-hybridized carbons (Fsp3) is 1.00. The molecule has 0 aromatic rings. The van der Waals surface area contributed by atoms with E-state index in [1.54, 1.807) is 0 Å². The van der Waals surface area contributed by atoms with Crippen molar-refractivity contribution in [2.75, 3.05) is 19.0 Å². The quantitative estimate of drug-likeness (QED) is 0.656. The molecule has 0 aliphatic heterocycles. The molecule has 1 aliphatic carbocycles. The molecule has 0 radical (unpaired) electrons. The molecule has 0 aromatic heterocycles. The van der Waals surface area contributed by atoms with Gasteiger partial charge in [0.2, 0.25) is 9.05 Å². The molecule has 1 aliphatic rings. The Bertz CT molecular complexity index is 272. The van der Waals surface area contributed by atoms with Crippen molar-refractivity contribution in [3.05, 3.63) is 0 Å². The summed E-state index contributed by atoms with van der Waals surface area (Å²) in [6.45, 7) is 3.25. The predicted molar refractivity (Wildman–Crippen MR) is 61.6 cm³/mol. The van der Waals surface area contributed by atoms with Gasteiger partial charge >= 0.3 is 0 Å². The van der Waals surface area contributed by atoms with Crippen LogP contribution in [0.3, 0.4) is 0 Å². The van der Waals surface area contributed by atoms with Gasteiger partial charge in [-0.3, -0.25) is 0 Å². The molecule has 0 spiro atoms. The topological polar surface area (TPSA) is 43.4 Å². The smallest absolute Gasteiger partial charge is 0.232 e. The second-order valence-corrected chi connectivity index (χ2v) is 7.14. The van der Waals surface area contributed by atoms with Crippen LogP contribution in [0.25, 0.3) is 0 Å². The van der Waals surface area contributed by atoms with Gasteiger partial charge in [0, 0.05) is 17.3 Å². The normalized spacial score (nSPS) is 19.9. The van der Waals surface area contributed by atoms with Crippen LogP contribution in [0.2, 0.25) is 0 Å². The molecule has 1 unspecified atom stereocenters. The second kappa shape index (κ2) is 6.06. The van der Waals surface area contributed by atoms with Gasteiger partial charge in [0.15, 0.2) is 0 Å². The number of ether oxygens (including phenoxy) is 1. The molecule has 1 saturated carbocycles. The van der Waals surface area contributed by atoms with E-state index in [1.165, 1.54) is 19.3 Å². The molecule has 90 valence electrons. The lowest BCUT2D eigenvalue weighted by atomic mass is 9.86. The SMILES string of the molecule is CCC(COCC1CCC1)CS(=O)(=O)Cl. The van der Waals surface area contributed by atoms with E-state index in [2.05, 4.69) is 0 Å². The first-order valence-corrected chi connectivity index (χ1v) is 7.99. The van der Waals surface area contributed by atoms with Crippen molar-refractivity contribution in [2.24, 2.45) is 11.8 Å². The Balaban J connectivity index is 2.15. The molecule has 1 fully saturated rings. The van der Waals surface area contributed by atoms with Crippen molar-refractivity contribution in [1.82, 2.24) is 0 Å². The first kappa shape index (κ1) is 13.3. The molecule has 15 heavy (non-hydrogen) atoms. The van der Waals surface area contributed by atoms with E-state index < -0.39 is 9.05 Å². The van der Waals surface area contributed by atoms with Crippen LogP contribution in [0.15, 0.2) is 0 Å². The molecule has 0 amide bonds. The molecule has 0 saturated heterocycles. The summed E-state index contributed by atoms with van der Waals surface area (Å²) in [6, 6.07) is 0. The van der Waals surface area contributed by atoms with Crippen molar-refractivity contribution < 1.29 is 13.2 Å². The maximum atomic E-state index is 10.9. The fourth-order valence-corrected chi connectivity index (χ4v) is 3.06. The van der Waals surface area contributed by atoms with Gasteiger partial charge in [-0.2, -0.15) is 0 Å². The Kier molecular flexibility index (Phi) is 5.36. The van der Waals surface area contributed by atoms with E-state index in [-0.39, 0.29) is 11.7 Å². The fourth-order valence-electron chi connectivity index (χ4n) is 1.63. The van der Waals surface area contributed by atoms with Crippen molar-refractivity contribution in [2.45, 2.75) is 32.6 Å². The van der Waals surface area contributed by atoms with E-state index in [0.29, 0.717) is 12.5 Å². The Labute approximate surface area is 96.6 Å². The lowest BCUT2D eigenvalue weighted by molar-refractivity contribution is 0.0513. The molecule has 1 atom stereocenters. The van der Waals surface area contributed by atoms with Crippen LogP contribution < -0.4 is 0 Å². The number of hydrogen-bond donors (Lipinski definition) is 0. The first-order valence-electron chi connectivity index (χ1n) is 5.51. The van der Waals surface area contributed by atoms with Crippen LogP contribution >= 0.6 is 10.7 Å². The molecular weight excluding hydrogens is 236 g/mol. The summed E-state index contributed by atoms with van der Waals surface area (Å²) in [6.07, 6.45) is 4.60. The molecular formula is C10H19ClO3S. The van der Waals surface area contributed by atoms with Crippen LogP contribution in [0.5, 0.6) is 0 Å². The summed E-state index contributed by atoms with van der Waals surface area (Å²) >= 11 is 0. The summed E-state index contributed by atoms with van der Waals surface area (Å²) in [5, 5.41) is 0. The highest BCUT2D eigenvalue weighted by molar-refractivity contribution is 8.13. The molecule has 3 nitrogen and oxygen atoms in total. The summed E-state index contributed by atoms with van der Waals surface area (Å²) in [5.74, 6) is 0.762. The summed E-state index contributed by atoms with van der Waals surface area (Å²) in [5.41, 5.74) is 0. The number of hydrogen-bond acceptors (Lipinski definition) is 3. The zero-order chi connectivity index (χ0) is 11.3. The molecule has 0 heterocycles. The number of rotatable bonds is 7. The lowest BCUT2D eigenvalue weighted by Gasteiger charge is -2.25. The minimum Gasteiger partial charge on any atom is -0.381 e. The third-order valence-corrected chi connectivity index (χ3v) is 4.19. The van der Waals surface area contributed by atoms with Crippen LogP contribution in [0, 0.1) is 11.8 Å². The van der Waals surface area contributed by atoms with Crippen LogP contribution in [-0.4, -0.2) is 27.4 Å². The average molecular weight is 255 g/mol. The van der Waals surface area contributed by atoms with Crippen LogP contribution in [0.4, 0.5) is 0 Å². The Morgan fingerprint density at radius 1 is 1.47 bits per heavy atom. The molecule has 5 heteroatoms. The minimum atomic E-state index is -3.39. The van der Waals surface area contributed by atoms with Crippen molar-refractivity contribution in [1.29, 1.82) is 0 Å². The maximum absolute atomic E-state index is 10.9. The zero-order valence-corrected chi connectivity index (χ0v) is 10.7. The average Bonchev–Trinajstić information content (AvgIpc) is 2.05. The highest BCUT2D eigenvalue weighted by Gasteiger charge is 2.19. The van der Waals surface area contributed by atoms with E-state index in [0.717, 1.165) is 13.0 Å². The summed E-state index contributed by atoms with van der Waals surface area (Å²) < 4.78 is 27.3. The third-order valence-electron chi connectivity index (χ3n) is 2.94. The second-order valence-electron chi connectivity index (χ2n) is 4.31. The minimum absolute atomic E-state index is 0.0235. The van der Waals surface area contributed by atoms with Crippen LogP contribution in [-0.2, 0) is 13.8 Å². The van der Waals surface area contributed by atoms with Crippen molar-refractivity contribution >= 4 is 19.7 Å². The molecule has 0 N–H and O–H groups in total. The van der Waals surface area contributed by atoms with Gasteiger partial charge in [0.1, 0.15) is 0 Å². The standard InChI is InChI=1S/C10H19ClO3S/c1-2-9(8-15(11,12)13)6-14-7-10-4-3-5-10/h9-10H,2-8H2,1H3. The van der Waals surface area contributed by atoms with Gasteiger partial charge in [0.05, 0.1) is 12.4 Å². The molecule has 0 aromatic carbocycles. The Morgan fingerprint density at radius 2 is 2.13 bits per heavy atom. The monoisotopic (exact) mass is 254 g/mol. The van der Waals surface area contributed by atoms with E-state index in [9.17, 15) is 8.42 Å². The van der Waals surface area contributed by atoms with Gasteiger partial charge in [-0.25, -0.2) is 8.42 Å². The van der Waals surface area contributed by atoms with Gasteiger partial charge in [-0.15, -0.1) is 0 Å². The van der Waals surface area contributed by atoms with E-state index in [4.69, 9.17) is 15.4 Å². The van der Waals surface area contributed by atoms with Gasteiger partial charge < -0.3 is 4.74 Å². The van der Waals surface area contributed by atoms with Crippen LogP contribution in [0.1, 0.15) is 32.6 Å². The third kappa shape index (κ3) is 5.73. The number of halogens is 1. The van der Waals surface area contributed by atoms with Crippen molar-refractivity contribution in [3.63, 3.8) is 0 Å². The Hall–Kier alpha value is 0.200. The van der Waals surface area contributed by atoms with E-state index in [1.807, 2.05) is 6.92 Å². The summed E-state index contributed by atoms with van der Waals surface area (Å²) in [7, 11) is 1.82. The van der Waals surface area contributed by atoms with E-state index >= 15 is 0 Å². The van der Waals surface area contributed by atoms with Gasteiger partial charge in [-0.05, 0) is 24.7 Å². The highest BCUT2D eigenvalue weighted by Crippen LogP contribution is 2.26. The largest absolute Gasteiger partial charge is 0.381 e. The summed E-state index contributed by atoms with van der Waals surface area (Å²) in [4.78, 5) is 0. The van der Waals surface area contributed by atoms with Crippen molar-refractivity contribution in [3.8, 4) is 0 Å². The molecule has 1 rings (SSSR count). The first-order chi connectivity index (χ1) is 7.01. The van der Waals surface area contributed by atoms with Gasteiger partial charge in [0.25, 0.3) is 0 Å². The highest BCUT2D eigenvalue weighted by atomic mass is 35.7. The maximum Gasteiger partial charge on any atom is 0.232 e. The lowest BCUT2D eigenvalue weighted by Crippen LogP contribution is -2.22. The van der Waals surface area contributed by atoms with Gasteiger partial charge in [-0.1, -0.05) is 19.8 Å².